The van der Waals surface area contributed by atoms with Gasteiger partial charge in [0.1, 0.15) is 17.0 Å². The number of aromatic hydroxyl groups is 1. The van der Waals surface area contributed by atoms with Crippen LogP contribution in [-0.2, 0) is 9.53 Å². The Morgan fingerprint density at radius 3 is 2.44 bits per heavy atom. The number of halogens is 3. The molecule has 180 valence electrons. The molecule has 1 aliphatic heterocycles. The van der Waals surface area contributed by atoms with E-state index in [0.717, 1.165) is 35.3 Å². The van der Waals surface area contributed by atoms with E-state index in [-0.39, 0.29) is 30.3 Å². The van der Waals surface area contributed by atoms with Gasteiger partial charge in [-0.3, -0.25) is 4.79 Å². The second kappa shape index (κ2) is 8.34. The first-order valence-electron chi connectivity index (χ1n) is 11.5. The average Bonchev–Trinajstić information content (AvgIpc) is 3.09. The topological polar surface area (TPSA) is 71.7 Å². The van der Waals surface area contributed by atoms with E-state index in [4.69, 9.17) is 4.74 Å². The van der Waals surface area contributed by atoms with Gasteiger partial charge in [-0.1, -0.05) is 0 Å². The Hall–Kier alpha value is -3.00. The van der Waals surface area contributed by atoms with Gasteiger partial charge in [-0.15, -0.1) is 0 Å². The summed E-state index contributed by atoms with van der Waals surface area (Å²) >= 11 is 0. The molecule has 1 saturated heterocycles. The highest BCUT2D eigenvalue weighted by Gasteiger charge is 2.58. The molecule has 5 rings (SSSR count). The number of phenolic OH excluding ortho intramolecular Hbond substituents is 1. The van der Waals surface area contributed by atoms with Gasteiger partial charge in [-0.05, 0) is 86.1 Å². The lowest BCUT2D eigenvalue weighted by Crippen LogP contribution is -2.48. The van der Waals surface area contributed by atoms with Crippen molar-refractivity contribution in [2.45, 2.75) is 50.9 Å². The van der Waals surface area contributed by atoms with Gasteiger partial charge in [-0.25, -0.2) is 13.2 Å². The van der Waals surface area contributed by atoms with E-state index in [2.05, 4.69) is 0 Å². The van der Waals surface area contributed by atoms with Gasteiger partial charge in [0.25, 0.3) is 6.43 Å². The van der Waals surface area contributed by atoms with Crippen LogP contribution in [0.4, 0.5) is 13.2 Å². The molecule has 3 aromatic rings. The van der Waals surface area contributed by atoms with Crippen molar-refractivity contribution >= 4 is 16.9 Å². The zero-order chi connectivity index (χ0) is 24.2. The van der Waals surface area contributed by atoms with Crippen molar-refractivity contribution in [3.8, 4) is 11.4 Å². The molecule has 0 radical (unpaired) electrons. The number of alkyl halides is 2. The molecule has 2 N–H and O–H groups in total. The van der Waals surface area contributed by atoms with Crippen molar-refractivity contribution in [1.29, 1.82) is 0 Å². The minimum Gasteiger partial charge on any atom is -0.508 e. The maximum Gasteiger partial charge on any atom is 0.315 e. The third kappa shape index (κ3) is 3.47. The van der Waals surface area contributed by atoms with E-state index in [0.29, 0.717) is 24.2 Å². The van der Waals surface area contributed by atoms with Crippen molar-refractivity contribution in [1.82, 2.24) is 4.57 Å². The first-order valence-corrected chi connectivity index (χ1v) is 11.5. The number of aliphatic carboxylic acids is 1. The molecule has 8 heteroatoms. The van der Waals surface area contributed by atoms with Crippen molar-refractivity contribution in [2.24, 2.45) is 5.41 Å². The molecule has 0 atom stereocenters. The number of carboxylic acid groups (broad SMARTS) is 1. The van der Waals surface area contributed by atoms with E-state index in [1.807, 2.05) is 4.57 Å². The Bertz CT molecular complexity index is 1260. The predicted octanol–water partition coefficient (Wildman–Crippen LogP) is 5.89. The van der Waals surface area contributed by atoms with Crippen LogP contribution in [-0.4, -0.2) is 40.4 Å². The predicted molar refractivity (Wildman–Crippen MR) is 120 cm³/mol. The number of fused-ring (bicyclic) bond motifs is 1. The summed E-state index contributed by atoms with van der Waals surface area (Å²) in [7, 11) is 0. The third-order valence-corrected chi connectivity index (χ3v) is 7.51. The number of rotatable bonds is 5. The molecular weight excluding hydrogens is 447 g/mol. The molecule has 1 aliphatic carbocycles. The second-order valence-electron chi connectivity index (χ2n) is 9.52. The van der Waals surface area contributed by atoms with E-state index < -0.39 is 23.7 Å². The molecule has 5 nitrogen and oxygen atoms in total. The van der Waals surface area contributed by atoms with Crippen LogP contribution in [0, 0.1) is 18.2 Å². The number of aromatic nitrogens is 1. The van der Waals surface area contributed by atoms with Crippen molar-refractivity contribution < 1.29 is 32.9 Å². The Balaban J connectivity index is 1.75. The molecule has 2 heterocycles. The van der Waals surface area contributed by atoms with Crippen LogP contribution in [0.2, 0.25) is 0 Å². The maximum absolute atomic E-state index is 14.1. The van der Waals surface area contributed by atoms with E-state index in [1.54, 1.807) is 37.3 Å². The van der Waals surface area contributed by atoms with Gasteiger partial charge in [-0.2, -0.15) is 0 Å². The molecule has 0 amide bonds. The van der Waals surface area contributed by atoms with Crippen LogP contribution >= 0.6 is 0 Å². The van der Waals surface area contributed by atoms with Crippen molar-refractivity contribution in [3.05, 3.63) is 59.0 Å². The molecule has 1 aromatic heterocycles. The SMILES string of the molecule is Cc1cc(-n2c(C3CCOCC3)c([C@H]3C[C@](C(=O)O)(C(F)F)C3)c3cc(O)ccc32)ccc1F. The number of benzene rings is 2. The quantitative estimate of drug-likeness (QED) is 0.485. The lowest BCUT2D eigenvalue weighted by atomic mass is 9.59. The largest absolute Gasteiger partial charge is 0.508 e. The number of carboxylic acids is 1. The minimum atomic E-state index is -2.96. The highest BCUT2D eigenvalue weighted by Crippen LogP contribution is 2.58. The molecule has 0 unspecified atom stereocenters. The molecule has 1 saturated carbocycles. The Labute approximate surface area is 194 Å². The summed E-state index contributed by atoms with van der Waals surface area (Å²) in [5.41, 5.74) is 1.63. The van der Waals surface area contributed by atoms with Gasteiger partial charge in [0.05, 0.1) is 5.52 Å². The molecule has 0 bridgehead atoms. The highest BCUT2D eigenvalue weighted by atomic mass is 19.3. The van der Waals surface area contributed by atoms with E-state index in [9.17, 15) is 28.2 Å². The fourth-order valence-corrected chi connectivity index (χ4v) is 5.64. The van der Waals surface area contributed by atoms with Crippen LogP contribution in [0.25, 0.3) is 16.6 Å². The molecule has 2 fully saturated rings. The van der Waals surface area contributed by atoms with E-state index >= 15 is 0 Å². The number of hydrogen-bond acceptors (Lipinski definition) is 3. The minimum absolute atomic E-state index is 0.0393. The average molecular weight is 473 g/mol. The third-order valence-electron chi connectivity index (χ3n) is 7.51. The summed E-state index contributed by atoms with van der Waals surface area (Å²) in [6.45, 7) is 2.79. The van der Waals surface area contributed by atoms with Gasteiger partial charge < -0.3 is 19.5 Å². The molecule has 2 aromatic carbocycles. The summed E-state index contributed by atoms with van der Waals surface area (Å²) < 4.78 is 49.2. The molecular formula is C26H26F3NO4. The van der Waals surface area contributed by atoms with Crippen LogP contribution in [0.3, 0.4) is 0 Å². The number of nitrogens with zero attached hydrogens (tertiary/aromatic N) is 1. The van der Waals surface area contributed by atoms with Gasteiger partial charge >= 0.3 is 5.97 Å². The zero-order valence-electron chi connectivity index (χ0n) is 18.7. The summed E-state index contributed by atoms with van der Waals surface area (Å²) in [4.78, 5) is 11.7. The first kappa shape index (κ1) is 22.8. The smallest absolute Gasteiger partial charge is 0.315 e. The standard InChI is InChI=1S/C26H26F3NO4/c1-14-10-17(2-4-20(14)27)30-21-5-3-18(31)11-19(21)22(23(30)15-6-8-34-9-7-15)16-12-26(13-16,24(28)29)25(32)33/h2-5,10-11,15-16,24,31H,6-9,12-13H2,1H3,(H,32,33)/t16-,26+. The Morgan fingerprint density at radius 1 is 1.12 bits per heavy atom. The molecule has 0 spiro atoms. The highest BCUT2D eigenvalue weighted by molar-refractivity contribution is 5.90. The number of carbonyl (C=O) groups is 1. The molecule has 2 aliphatic rings. The number of phenols is 1. The summed E-state index contributed by atoms with van der Waals surface area (Å²) in [6.07, 6.45) is -1.86. The number of hydrogen-bond donors (Lipinski definition) is 2. The lowest BCUT2D eigenvalue weighted by Gasteiger charge is -2.44. The summed E-state index contributed by atoms with van der Waals surface area (Å²) in [6, 6.07) is 9.78. The van der Waals surface area contributed by atoms with Crippen LogP contribution in [0.1, 0.15) is 54.3 Å². The Kier molecular flexibility index (Phi) is 5.59. The first-order chi connectivity index (χ1) is 16.2. The summed E-state index contributed by atoms with van der Waals surface area (Å²) in [5.74, 6) is -2.11. The zero-order valence-corrected chi connectivity index (χ0v) is 18.7. The lowest BCUT2D eigenvalue weighted by molar-refractivity contribution is -0.171. The normalized spacial score (nSPS) is 23.4. The van der Waals surface area contributed by atoms with Crippen molar-refractivity contribution in [2.75, 3.05) is 13.2 Å². The van der Waals surface area contributed by atoms with Gasteiger partial charge in [0.2, 0.25) is 0 Å². The second-order valence-corrected chi connectivity index (χ2v) is 9.52. The van der Waals surface area contributed by atoms with E-state index in [1.165, 1.54) is 6.07 Å². The van der Waals surface area contributed by atoms with Gasteiger partial charge in [0.15, 0.2) is 0 Å². The molecule has 34 heavy (non-hydrogen) atoms. The fourth-order valence-electron chi connectivity index (χ4n) is 5.64. The van der Waals surface area contributed by atoms with Crippen LogP contribution in [0.15, 0.2) is 36.4 Å². The maximum atomic E-state index is 14.1. The van der Waals surface area contributed by atoms with Crippen LogP contribution in [0.5, 0.6) is 5.75 Å². The Morgan fingerprint density at radius 2 is 1.82 bits per heavy atom. The fraction of sp³-hybridized carbons (Fsp3) is 0.423. The van der Waals surface area contributed by atoms with Gasteiger partial charge in [0, 0.05) is 35.9 Å². The van der Waals surface area contributed by atoms with Crippen molar-refractivity contribution in [3.63, 3.8) is 0 Å². The summed E-state index contributed by atoms with van der Waals surface area (Å²) in [5, 5.41) is 20.5. The number of aryl methyl sites for hydroxylation is 1. The monoisotopic (exact) mass is 473 g/mol. The van der Waals surface area contributed by atoms with Crippen LogP contribution < -0.4 is 0 Å². The number of ether oxygens (including phenoxy) is 1.